The van der Waals surface area contributed by atoms with Gasteiger partial charge in [0, 0.05) is 7.11 Å². The van der Waals surface area contributed by atoms with Crippen LogP contribution in [-0.4, -0.2) is 43.2 Å². The maximum absolute atomic E-state index is 12.8. The fourth-order valence-corrected chi connectivity index (χ4v) is 0.983. The first-order valence-corrected chi connectivity index (χ1v) is 3.50. The number of alkyl carbamates (subject to hydrolysis) is 1. The van der Waals surface area contributed by atoms with E-state index in [2.05, 4.69) is 9.47 Å². The number of cyclic esters (lactones) is 1. The molecule has 1 saturated heterocycles. The van der Waals surface area contributed by atoms with Crippen LogP contribution in [0.3, 0.4) is 0 Å². The number of carbonyl (C=O) groups is 1. The van der Waals surface area contributed by atoms with Crippen molar-refractivity contribution in [1.82, 2.24) is 5.32 Å². The second kappa shape index (κ2) is 3.43. The van der Waals surface area contributed by atoms with Crippen LogP contribution in [-0.2, 0) is 9.47 Å². The summed E-state index contributed by atoms with van der Waals surface area (Å²) in [6.07, 6.45) is -3.99. The van der Waals surface area contributed by atoms with Crippen LogP contribution < -0.4 is 5.32 Å². The van der Waals surface area contributed by atoms with Crippen LogP contribution >= 0.6 is 0 Å². The number of amides is 1. The van der Waals surface area contributed by atoms with Crippen LogP contribution in [0.4, 0.5) is 13.6 Å². The first kappa shape index (κ1) is 10.1. The molecule has 5 nitrogen and oxygen atoms in total. The highest BCUT2D eigenvalue weighted by atomic mass is 19.3. The smallest absolute Gasteiger partial charge is 0.409 e. The molecule has 1 heterocycles. The van der Waals surface area contributed by atoms with E-state index in [1.165, 1.54) is 0 Å². The van der Waals surface area contributed by atoms with E-state index >= 15 is 0 Å². The molecule has 7 heteroatoms. The number of halogens is 2. The second-order valence-corrected chi connectivity index (χ2v) is 2.55. The summed E-state index contributed by atoms with van der Waals surface area (Å²) in [5.74, 6) is -3.50. The first-order chi connectivity index (χ1) is 6.01. The summed E-state index contributed by atoms with van der Waals surface area (Å²) >= 11 is 0. The predicted molar refractivity (Wildman–Crippen MR) is 36.2 cm³/mol. The molecule has 0 saturated carbocycles. The van der Waals surface area contributed by atoms with Crippen molar-refractivity contribution in [2.45, 2.75) is 18.3 Å². The van der Waals surface area contributed by atoms with E-state index in [9.17, 15) is 13.6 Å². The lowest BCUT2D eigenvalue weighted by molar-refractivity contribution is -0.159. The van der Waals surface area contributed by atoms with Gasteiger partial charge < -0.3 is 14.6 Å². The van der Waals surface area contributed by atoms with Crippen LogP contribution in [0.2, 0.25) is 0 Å². The Kier molecular flexibility index (Phi) is 2.67. The molecule has 0 aromatic heterocycles. The molecule has 0 bridgehead atoms. The highest BCUT2D eigenvalue weighted by Gasteiger charge is 2.51. The van der Waals surface area contributed by atoms with Gasteiger partial charge in [0.2, 0.25) is 6.10 Å². The summed E-state index contributed by atoms with van der Waals surface area (Å²) in [6.45, 7) is -1.40. The van der Waals surface area contributed by atoms with Crippen molar-refractivity contribution >= 4 is 6.09 Å². The molecule has 1 aliphatic heterocycles. The Labute approximate surface area is 72.6 Å². The number of carbonyl (C=O) groups excluding carboxylic acids is 1. The molecule has 1 aliphatic rings. The number of alkyl halides is 2. The van der Waals surface area contributed by atoms with Crippen molar-refractivity contribution in [3.63, 3.8) is 0 Å². The number of methoxy groups -OCH3 is 1. The largest absolute Gasteiger partial charge is 0.435 e. The molecule has 1 fully saturated rings. The number of ether oxygens (including phenoxy) is 2. The third-order valence-electron chi connectivity index (χ3n) is 1.65. The van der Waals surface area contributed by atoms with Crippen molar-refractivity contribution in [2.75, 3.05) is 13.7 Å². The maximum atomic E-state index is 12.8. The van der Waals surface area contributed by atoms with Crippen LogP contribution in [0.1, 0.15) is 0 Å². The summed E-state index contributed by atoms with van der Waals surface area (Å²) in [5, 5.41) is 10.3. The van der Waals surface area contributed by atoms with Gasteiger partial charge in [0.15, 0.2) is 6.23 Å². The Morgan fingerprint density at radius 1 is 1.77 bits per heavy atom. The average Bonchev–Trinajstić information content (AvgIpc) is 2.47. The molecule has 0 radical (unpaired) electrons. The van der Waals surface area contributed by atoms with Gasteiger partial charge in [-0.15, -0.1) is 0 Å². The first-order valence-electron chi connectivity index (χ1n) is 3.50. The van der Waals surface area contributed by atoms with Crippen molar-refractivity contribution in [2.24, 2.45) is 0 Å². The number of rotatable bonds is 3. The molecule has 1 amide bonds. The van der Waals surface area contributed by atoms with Gasteiger partial charge in [-0.05, 0) is 0 Å². The van der Waals surface area contributed by atoms with E-state index in [1.54, 1.807) is 0 Å². The van der Waals surface area contributed by atoms with E-state index < -0.39 is 31.0 Å². The minimum atomic E-state index is -3.50. The Hall–Kier alpha value is -0.950. The normalized spacial score (nSPS) is 28.5. The molecule has 76 valence electrons. The maximum Gasteiger partial charge on any atom is 0.409 e. The van der Waals surface area contributed by atoms with E-state index in [-0.39, 0.29) is 0 Å². The van der Waals surface area contributed by atoms with E-state index in [1.807, 2.05) is 5.32 Å². The lowest BCUT2D eigenvalue weighted by atomic mass is 10.2. The molecule has 0 aliphatic carbocycles. The zero-order valence-corrected chi connectivity index (χ0v) is 6.79. The van der Waals surface area contributed by atoms with E-state index in [0.29, 0.717) is 0 Å². The van der Waals surface area contributed by atoms with Crippen LogP contribution in [0.5, 0.6) is 0 Å². The van der Waals surface area contributed by atoms with Crippen molar-refractivity contribution in [1.29, 1.82) is 0 Å². The van der Waals surface area contributed by atoms with Gasteiger partial charge in [0.25, 0.3) is 0 Å². The van der Waals surface area contributed by atoms with Crippen molar-refractivity contribution in [3.8, 4) is 0 Å². The molecule has 0 aromatic carbocycles. The SMILES string of the molecule is COC1NC(=O)OC1C(F)(F)CO. The van der Waals surface area contributed by atoms with Gasteiger partial charge in [-0.25, -0.2) is 4.79 Å². The standard InChI is InChI=1S/C6H9F2NO4/c1-12-4-3(6(7,8)2-10)13-5(11)9-4/h3-4,10H,2H2,1H3,(H,9,11). The lowest BCUT2D eigenvalue weighted by Crippen LogP contribution is -2.46. The number of aliphatic hydroxyl groups excluding tert-OH is 1. The average molecular weight is 197 g/mol. The summed E-state index contributed by atoms with van der Waals surface area (Å²) in [5.41, 5.74) is 0. The molecule has 1 rings (SSSR count). The quantitative estimate of drug-likeness (QED) is 0.651. The van der Waals surface area contributed by atoms with Gasteiger partial charge in [0.05, 0.1) is 0 Å². The third kappa shape index (κ3) is 1.86. The zero-order valence-electron chi connectivity index (χ0n) is 6.79. The summed E-state index contributed by atoms with van der Waals surface area (Å²) in [4.78, 5) is 10.6. The topological polar surface area (TPSA) is 67.8 Å². The van der Waals surface area contributed by atoms with Crippen LogP contribution in [0, 0.1) is 0 Å². The molecule has 0 aromatic rings. The number of hydrogen-bond donors (Lipinski definition) is 2. The fraction of sp³-hybridized carbons (Fsp3) is 0.833. The fourth-order valence-electron chi connectivity index (χ4n) is 0.983. The van der Waals surface area contributed by atoms with Crippen molar-refractivity contribution in [3.05, 3.63) is 0 Å². The Morgan fingerprint density at radius 3 is 2.85 bits per heavy atom. The molecule has 2 atom stereocenters. The molecular weight excluding hydrogens is 188 g/mol. The van der Waals surface area contributed by atoms with Gasteiger partial charge in [-0.1, -0.05) is 0 Å². The molecule has 0 spiro atoms. The van der Waals surface area contributed by atoms with Gasteiger partial charge >= 0.3 is 12.0 Å². The second-order valence-electron chi connectivity index (χ2n) is 2.55. The van der Waals surface area contributed by atoms with Gasteiger partial charge in [-0.3, -0.25) is 5.32 Å². The van der Waals surface area contributed by atoms with E-state index in [0.717, 1.165) is 7.11 Å². The Morgan fingerprint density at radius 2 is 2.38 bits per heavy atom. The number of hydrogen-bond acceptors (Lipinski definition) is 4. The number of nitrogens with one attached hydrogen (secondary N) is 1. The molecule has 13 heavy (non-hydrogen) atoms. The number of aliphatic hydroxyl groups is 1. The monoisotopic (exact) mass is 197 g/mol. The summed E-state index contributed by atoms with van der Waals surface area (Å²) < 4.78 is 34.4. The Bertz CT molecular complexity index is 211. The molecule has 2 N–H and O–H groups in total. The lowest BCUT2D eigenvalue weighted by Gasteiger charge is -2.22. The van der Waals surface area contributed by atoms with Crippen LogP contribution in [0.15, 0.2) is 0 Å². The third-order valence-corrected chi connectivity index (χ3v) is 1.65. The van der Waals surface area contributed by atoms with Crippen molar-refractivity contribution < 1.29 is 28.2 Å². The molecule has 2 unspecified atom stereocenters. The predicted octanol–water partition coefficient (Wildman–Crippen LogP) is -0.305. The van der Waals surface area contributed by atoms with Crippen LogP contribution in [0.25, 0.3) is 0 Å². The van der Waals surface area contributed by atoms with Gasteiger partial charge in [-0.2, -0.15) is 8.78 Å². The minimum absolute atomic E-state index is 0.982. The van der Waals surface area contributed by atoms with Gasteiger partial charge in [0.1, 0.15) is 6.61 Å². The van der Waals surface area contributed by atoms with E-state index in [4.69, 9.17) is 5.11 Å². The highest BCUT2D eigenvalue weighted by molar-refractivity contribution is 5.70. The molecular formula is C6H9F2NO4. The highest BCUT2D eigenvalue weighted by Crippen LogP contribution is 2.26. The minimum Gasteiger partial charge on any atom is -0.435 e. The summed E-state index contributed by atoms with van der Waals surface area (Å²) in [7, 11) is 1.15. The summed E-state index contributed by atoms with van der Waals surface area (Å²) in [6, 6.07) is 0. The Balaban J connectivity index is 2.73. The zero-order chi connectivity index (χ0) is 10.1.